The molecule has 0 bridgehead atoms. The average Bonchev–Trinajstić information content (AvgIpc) is 2.89. The third kappa shape index (κ3) is 3.68. The fraction of sp³-hybridized carbons (Fsp3) is 0.238. The Kier molecular flexibility index (Phi) is 5.18. The van der Waals surface area contributed by atoms with Crippen molar-refractivity contribution in [2.24, 2.45) is 4.99 Å². The molecule has 0 spiro atoms. The van der Waals surface area contributed by atoms with Crippen LogP contribution in [0.15, 0.2) is 46.3 Å². The highest BCUT2D eigenvalue weighted by atomic mass is 32.2. The van der Waals surface area contributed by atoms with Gasteiger partial charge < -0.3 is 5.11 Å². The molecule has 1 saturated heterocycles. The minimum atomic E-state index is -0.0354. The van der Waals surface area contributed by atoms with Crippen molar-refractivity contribution in [2.75, 3.05) is 6.54 Å². The van der Waals surface area contributed by atoms with Gasteiger partial charge in [-0.1, -0.05) is 17.7 Å². The smallest absolute Gasteiger partial charge is 0.266 e. The van der Waals surface area contributed by atoms with Gasteiger partial charge in [0, 0.05) is 6.54 Å². The SMILES string of the molecule is CCN1C(=O)/C(=C\c2cc(C)c(O)c(C)c2)SC1=Nc1ccc(C)cc1. The van der Waals surface area contributed by atoms with Crippen LogP contribution in [-0.2, 0) is 4.79 Å². The number of rotatable bonds is 3. The summed E-state index contributed by atoms with van der Waals surface area (Å²) in [5.41, 5.74) is 4.51. The molecule has 0 aromatic heterocycles. The molecule has 0 atom stereocenters. The van der Waals surface area contributed by atoms with Gasteiger partial charge in [-0.3, -0.25) is 9.69 Å². The zero-order chi connectivity index (χ0) is 18.8. The van der Waals surface area contributed by atoms with Crippen LogP contribution < -0.4 is 0 Å². The minimum Gasteiger partial charge on any atom is -0.507 e. The highest BCUT2D eigenvalue weighted by Gasteiger charge is 2.32. The van der Waals surface area contributed by atoms with Gasteiger partial charge in [-0.15, -0.1) is 0 Å². The molecule has 3 rings (SSSR count). The molecule has 1 amide bonds. The maximum absolute atomic E-state index is 12.7. The van der Waals surface area contributed by atoms with Gasteiger partial charge in [-0.2, -0.15) is 0 Å². The number of likely N-dealkylation sites (N-methyl/N-ethyl adjacent to an activating group) is 1. The lowest BCUT2D eigenvalue weighted by atomic mass is 10.1. The van der Waals surface area contributed by atoms with Crippen molar-refractivity contribution in [3.8, 4) is 5.75 Å². The fourth-order valence-electron chi connectivity index (χ4n) is 2.82. The second kappa shape index (κ2) is 7.38. The molecule has 0 unspecified atom stereocenters. The number of amidine groups is 1. The van der Waals surface area contributed by atoms with Gasteiger partial charge in [0.05, 0.1) is 10.6 Å². The molecule has 0 saturated carbocycles. The lowest BCUT2D eigenvalue weighted by Gasteiger charge is -2.12. The van der Waals surface area contributed by atoms with Crippen molar-refractivity contribution < 1.29 is 9.90 Å². The van der Waals surface area contributed by atoms with Crippen LogP contribution in [0.3, 0.4) is 0 Å². The number of carbonyl (C=O) groups excluding carboxylic acids is 1. The number of amides is 1. The monoisotopic (exact) mass is 366 g/mol. The Labute approximate surface area is 158 Å². The summed E-state index contributed by atoms with van der Waals surface area (Å²) in [6, 6.07) is 11.7. The molecule has 1 aliphatic heterocycles. The molecule has 134 valence electrons. The number of nitrogens with zero attached hydrogens (tertiary/aromatic N) is 2. The Morgan fingerprint density at radius 1 is 1.12 bits per heavy atom. The number of aryl methyl sites for hydroxylation is 3. The Hall–Kier alpha value is -2.53. The Morgan fingerprint density at radius 2 is 1.73 bits per heavy atom. The zero-order valence-corrected chi connectivity index (χ0v) is 16.2. The van der Waals surface area contributed by atoms with E-state index in [-0.39, 0.29) is 5.91 Å². The second-order valence-electron chi connectivity index (χ2n) is 6.39. The number of aliphatic imine (C=N–C) groups is 1. The molecule has 2 aromatic rings. The maximum Gasteiger partial charge on any atom is 0.266 e. The van der Waals surface area contributed by atoms with E-state index in [2.05, 4.69) is 4.99 Å². The van der Waals surface area contributed by atoms with Crippen LogP contribution in [0.4, 0.5) is 5.69 Å². The van der Waals surface area contributed by atoms with E-state index in [4.69, 9.17) is 0 Å². The standard InChI is InChI=1S/C21H22N2O2S/c1-5-23-20(25)18(12-16-10-14(3)19(24)15(4)11-16)26-21(23)22-17-8-6-13(2)7-9-17/h6-12,24H,5H2,1-4H3/b18-12+,22-21?. The zero-order valence-electron chi connectivity index (χ0n) is 15.4. The molecule has 1 heterocycles. The first-order valence-electron chi connectivity index (χ1n) is 8.56. The first-order valence-corrected chi connectivity index (χ1v) is 9.37. The minimum absolute atomic E-state index is 0.0354. The van der Waals surface area contributed by atoms with Crippen molar-refractivity contribution in [3.05, 3.63) is 63.6 Å². The van der Waals surface area contributed by atoms with Gasteiger partial charge in [0.1, 0.15) is 5.75 Å². The summed E-state index contributed by atoms with van der Waals surface area (Å²) in [5, 5.41) is 10.6. The Balaban J connectivity index is 1.95. The molecule has 1 N–H and O–H groups in total. The third-order valence-corrected chi connectivity index (χ3v) is 5.28. The van der Waals surface area contributed by atoms with Crippen molar-refractivity contribution in [3.63, 3.8) is 0 Å². The van der Waals surface area contributed by atoms with Crippen molar-refractivity contribution in [1.29, 1.82) is 0 Å². The fourth-order valence-corrected chi connectivity index (χ4v) is 3.89. The van der Waals surface area contributed by atoms with Gasteiger partial charge >= 0.3 is 0 Å². The number of aromatic hydroxyl groups is 1. The Morgan fingerprint density at radius 3 is 2.31 bits per heavy atom. The van der Waals surface area contributed by atoms with E-state index in [1.807, 2.05) is 70.2 Å². The number of thioether (sulfide) groups is 1. The summed E-state index contributed by atoms with van der Waals surface area (Å²) in [7, 11) is 0. The van der Waals surface area contributed by atoms with Crippen LogP contribution in [0.1, 0.15) is 29.2 Å². The van der Waals surface area contributed by atoms with Gasteiger partial charge in [0.2, 0.25) is 0 Å². The van der Waals surface area contributed by atoms with E-state index < -0.39 is 0 Å². The predicted molar refractivity (Wildman–Crippen MR) is 109 cm³/mol. The average molecular weight is 366 g/mol. The van der Waals surface area contributed by atoms with Gasteiger partial charge in [0.25, 0.3) is 5.91 Å². The maximum atomic E-state index is 12.7. The molecule has 0 radical (unpaired) electrons. The van der Waals surface area contributed by atoms with Crippen LogP contribution in [-0.4, -0.2) is 27.6 Å². The largest absolute Gasteiger partial charge is 0.507 e. The van der Waals surface area contributed by atoms with Crippen LogP contribution in [0, 0.1) is 20.8 Å². The molecule has 2 aromatic carbocycles. The van der Waals surface area contributed by atoms with Gasteiger partial charge in [-0.05, 0) is 86.5 Å². The summed E-state index contributed by atoms with van der Waals surface area (Å²) < 4.78 is 0. The van der Waals surface area contributed by atoms with E-state index >= 15 is 0 Å². The quantitative estimate of drug-likeness (QED) is 0.783. The summed E-state index contributed by atoms with van der Waals surface area (Å²) in [5.74, 6) is 0.265. The highest BCUT2D eigenvalue weighted by molar-refractivity contribution is 8.18. The molecule has 1 fully saturated rings. The number of hydrogen-bond acceptors (Lipinski definition) is 4. The third-order valence-electron chi connectivity index (χ3n) is 4.27. The molecule has 26 heavy (non-hydrogen) atoms. The first kappa shape index (κ1) is 18.3. The van der Waals surface area contributed by atoms with Crippen molar-refractivity contribution in [2.45, 2.75) is 27.7 Å². The molecule has 0 aliphatic carbocycles. The van der Waals surface area contributed by atoms with E-state index in [0.717, 1.165) is 22.4 Å². The lowest BCUT2D eigenvalue weighted by molar-refractivity contribution is -0.122. The van der Waals surface area contributed by atoms with Gasteiger partial charge in [0.15, 0.2) is 5.17 Å². The summed E-state index contributed by atoms with van der Waals surface area (Å²) in [4.78, 5) is 19.7. The number of hydrogen-bond donors (Lipinski definition) is 1. The van der Waals surface area contributed by atoms with Crippen LogP contribution >= 0.6 is 11.8 Å². The molecular formula is C21H22N2O2S. The van der Waals surface area contributed by atoms with E-state index in [1.165, 1.54) is 17.3 Å². The molecular weight excluding hydrogens is 344 g/mol. The first-order chi connectivity index (χ1) is 12.4. The van der Waals surface area contributed by atoms with E-state index in [9.17, 15) is 9.90 Å². The number of phenols is 1. The molecule has 1 aliphatic rings. The topological polar surface area (TPSA) is 52.9 Å². The summed E-state index contributed by atoms with van der Waals surface area (Å²) >= 11 is 1.39. The number of phenolic OH excluding ortho intramolecular Hbond substituents is 1. The van der Waals surface area contributed by atoms with Crippen molar-refractivity contribution >= 4 is 34.6 Å². The van der Waals surface area contributed by atoms with E-state index in [1.54, 1.807) is 4.90 Å². The normalized spacial score (nSPS) is 17.5. The predicted octanol–water partition coefficient (Wildman–Crippen LogP) is 4.94. The van der Waals surface area contributed by atoms with Gasteiger partial charge in [-0.25, -0.2) is 4.99 Å². The number of carbonyl (C=O) groups is 1. The summed E-state index contributed by atoms with van der Waals surface area (Å²) in [6.45, 7) is 8.27. The molecule has 4 nitrogen and oxygen atoms in total. The second-order valence-corrected chi connectivity index (χ2v) is 7.40. The van der Waals surface area contributed by atoms with Crippen molar-refractivity contribution in [1.82, 2.24) is 4.90 Å². The van der Waals surface area contributed by atoms with Crippen LogP contribution in [0.5, 0.6) is 5.75 Å². The van der Waals surface area contributed by atoms with Crippen LogP contribution in [0.2, 0.25) is 0 Å². The van der Waals surface area contributed by atoms with E-state index in [0.29, 0.717) is 22.4 Å². The Bertz CT molecular complexity index is 891. The highest BCUT2D eigenvalue weighted by Crippen LogP contribution is 2.35. The lowest BCUT2D eigenvalue weighted by Crippen LogP contribution is -2.28. The molecule has 5 heteroatoms. The summed E-state index contributed by atoms with van der Waals surface area (Å²) in [6.07, 6.45) is 1.87. The van der Waals surface area contributed by atoms with Crippen LogP contribution in [0.25, 0.3) is 6.08 Å². The number of benzene rings is 2.